The second-order valence-electron chi connectivity index (χ2n) is 5.47. The van der Waals surface area contributed by atoms with Gasteiger partial charge in [-0.3, -0.25) is 9.59 Å². The number of likely N-dealkylation sites (tertiary alicyclic amines) is 1. The molecule has 0 unspecified atom stereocenters. The molecule has 6 nitrogen and oxygen atoms in total. The Kier molecular flexibility index (Phi) is 5.75. The SMILES string of the molecule is N#C/C(=C/N1CCC(C(=O)O)CC1)C(=O)NCc1ccccc1. The molecule has 2 N–H and O–H groups in total. The van der Waals surface area contributed by atoms with E-state index in [1.807, 2.05) is 41.3 Å². The number of rotatable bonds is 5. The molecule has 1 aliphatic rings. The van der Waals surface area contributed by atoms with Gasteiger partial charge >= 0.3 is 5.97 Å². The van der Waals surface area contributed by atoms with Crippen LogP contribution in [0.5, 0.6) is 0 Å². The fourth-order valence-electron chi connectivity index (χ4n) is 2.47. The summed E-state index contributed by atoms with van der Waals surface area (Å²) >= 11 is 0. The average Bonchev–Trinajstić information content (AvgIpc) is 2.59. The molecular formula is C17H19N3O3. The van der Waals surface area contributed by atoms with Crippen LogP contribution < -0.4 is 5.32 Å². The van der Waals surface area contributed by atoms with Gasteiger partial charge in [-0.25, -0.2) is 0 Å². The molecule has 0 aliphatic carbocycles. The van der Waals surface area contributed by atoms with Gasteiger partial charge in [0.05, 0.1) is 5.92 Å². The largest absolute Gasteiger partial charge is 0.481 e. The molecule has 1 amide bonds. The van der Waals surface area contributed by atoms with E-state index < -0.39 is 11.9 Å². The predicted octanol–water partition coefficient (Wildman–Crippen LogP) is 1.51. The van der Waals surface area contributed by atoms with Crippen LogP contribution in [0, 0.1) is 17.2 Å². The lowest BCUT2D eigenvalue weighted by molar-refractivity contribution is -0.143. The fourth-order valence-corrected chi connectivity index (χ4v) is 2.47. The molecule has 0 saturated carbocycles. The van der Waals surface area contributed by atoms with Crippen molar-refractivity contribution in [3.63, 3.8) is 0 Å². The van der Waals surface area contributed by atoms with E-state index in [2.05, 4.69) is 5.32 Å². The van der Waals surface area contributed by atoms with Crippen LogP contribution in [0.3, 0.4) is 0 Å². The van der Waals surface area contributed by atoms with Crippen molar-refractivity contribution < 1.29 is 14.7 Å². The Bertz CT molecular complexity index is 626. The minimum absolute atomic E-state index is 0.0368. The van der Waals surface area contributed by atoms with Gasteiger partial charge < -0.3 is 15.3 Å². The van der Waals surface area contributed by atoms with Crippen molar-refractivity contribution in [2.45, 2.75) is 19.4 Å². The zero-order valence-corrected chi connectivity index (χ0v) is 12.7. The zero-order valence-electron chi connectivity index (χ0n) is 12.7. The van der Waals surface area contributed by atoms with Gasteiger partial charge in [-0.1, -0.05) is 30.3 Å². The van der Waals surface area contributed by atoms with Gasteiger partial charge in [0.25, 0.3) is 5.91 Å². The number of benzene rings is 1. The van der Waals surface area contributed by atoms with Crippen molar-refractivity contribution in [1.82, 2.24) is 10.2 Å². The molecule has 0 atom stereocenters. The minimum atomic E-state index is -0.783. The fraction of sp³-hybridized carbons (Fsp3) is 0.353. The van der Waals surface area contributed by atoms with Crippen molar-refractivity contribution in [1.29, 1.82) is 5.26 Å². The maximum Gasteiger partial charge on any atom is 0.306 e. The van der Waals surface area contributed by atoms with E-state index in [1.165, 1.54) is 6.20 Å². The van der Waals surface area contributed by atoms with Crippen molar-refractivity contribution in [3.05, 3.63) is 47.7 Å². The molecule has 0 aromatic heterocycles. The summed E-state index contributed by atoms with van der Waals surface area (Å²) in [7, 11) is 0. The molecule has 1 heterocycles. The van der Waals surface area contributed by atoms with Crippen molar-refractivity contribution in [2.24, 2.45) is 5.92 Å². The van der Waals surface area contributed by atoms with E-state index in [-0.39, 0.29) is 11.5 Å². The summed E-state index contributed by atoms with van der Waals surface area (Å²) in [6.07, 6.45) is 2.57. The van der Waals surface area contributed by atoms with Gasteiger partial charge in [-0.15, -0.1) is 0 Å². The number of hydrogen-bond acceptors (Lipinski definition) is 4. The van der Waals surface area contributed by atoms with E-state index in [1.54, 1.807) is 0 Å². The molecule has 1 saturated heterocycles. The predicted molar refractivity (Wildman–Crippen MR) is 83.9 cm³/mol. The average molecular weight is 313 g/mol. The first-order chi connectivity index (χ1) is 11.1. The highest BCUT2D eigenvalue weighted by molar-refractivity contribution is 5.97. The van der Waals surface area contributed by atoms with Crippen LogP contribution in [0.4, 0.5) is 0 Å². The summed E-state index contributed by atoms with van der Waals surface area (Å²) in [4.78, 5) is 24.8. The standard InChI is InChI=1S/C17H19N3O3/c18-10-15(12-20-8-6-14(7-9-20)17(22)23)16(21)19-11-13-4-2-1-3-5-13/h1-5,12,14H,6-9,11H2,(H,19,21)(H,22,23)/b15-12-. The van der Waals surface area contributed by atoms with E-state index in [9.17, 15) is 9.59 Å². The van der Waals surface area contributed by atoms with Crippen LogP contribution in [0.1, 0.15) is 18.4 Å². The van der Waals surface area contributed by atoms with E-state index >= 15 is 0 Å². The van der Waals surface area contributed by atoms with Crippen LogP contribution in [0.2, 0.25) is 0 Å². The molecule has 2 rings (SSSR count). The molecular weight excluding hydrogens is 294 g/mol. The topological polar surface area (TPSA) is 93.4 Å². The Morgan fingerprint density at radius 3 is 2.52 bits per heavy atom. The highest BCUT2D eigenvalue weighted by atomic mass is 16.4. The number of hydrogen-bond donors (Lipinski definition) is 2. The van der Waals surface area contributed by atoms with Crippen molar-refractivity contribution in [2.75, 3.05) is 13.1 Å². The van der Waals surface area contributed by atoms with E-state index in [0.29, 0.717) is 32.5 Å². The lowest BCUT2D eigenvalue weighted by atomic mass is 9.97. The van der Waals surface area contributed by atoms with Crippen LogP contribution >= 0.6 is 0 Å². The Morgan fingerprint density at radius 1 is 1.30 bits per heavy atom. The maximum absolute atomic E-state index is 12.1. The number of piperidine rings is 1. The monoisotopic (exact) mass is 313 g/mol. The van der Waals surface area contributed by atoms with Crippen LogP contribution in [-0.2, 0) is 16.1 Å². The number of nitrogens with one attached hydrogen (secondary N) is 1. The Hall–Kier alpha value is -2.81. The summed E-state index contributed by atoms with van der Waals surface area (Å²) in [5, 5.41) is 20.8. The van der Waals surface area contributed by atoms with Crippen molar-refractivity contribution in [3.8, 4) is 6.07 Å². The molecule has 0 bridgehead atoms. The number of carboxylic acids is 1. The smallest absolute Gasteiger partial charge is 0.306 e. The van der Waals surface area contributed by atoms with E-state index in [0.717, 1.165) is 5.56 Å². The number of carbonyl (C=O) groups excluding carboxylic acids is 1. The summed E-state index contributed by atoms with van der Waals surface area (Å²) < 4.78 is 0. The van der Waals surface area contributed by atoms with Gasteiger partial charge in [0.1, 0.15) is 11.6 Å². The molecule has 6 heteroatoms. The highest BCUT2D eigenvalue weighted by Crippen LogP contribution is 2.18. The summed E-state index contributed by atoms with van der Waals surface area (Å²) in [6.45, 7) is 1.43. The van der Waals surface area contributed by atoms with Gasteiger partial charge in [0.15, 0.2) is 0 Å². The van der Waals surface area contributed by atoms with Gasteiger partial charge in [-0.2, -0.15) is 5.26 Å². The third-order valence-corrected chi connectivity index (χ3v) is 3.85. The normalized spacial score (nSPS) is 15.8. The summed E-state index contributed by atoms with van der Waals surface area (Å²) in [6, 6.07) is 11.4. The maximum atomic E-state index is 12.1. The summed E-state index contributed by atoms with van der Waals surface area (Å²) in [5.41, 5.74) is 0.995. The van der Waals surface area contributed by atoms with Crippen LogP contribution in [0.25, 0.3) is 0 Å². The third-order valence-electron chi connectivity index (χ3n) is 3.85. The highest BCUT2D eigenvalue weighted by Gasteiger charge is 2.23. The quantitative estimate of drug-likeness (QED) is 0.635. The molecule has 1 fully saturated rings. The second kappa shape index (κ2) is 7.99. The first-order valence-corrected chi connectivity index (χ1v) is 7.51. The molecule has 0 spiro atoms. The molecule has 0 radical (unpaired) electrons. The lowest BCUT2D eigenvalue weighted by Gasteiger charge is -2.29. The first kappa shape index (κ1) is 16.6. The third kappa shape index (κ3) is 4.85. The summed E-state index contributed by atoms with van der Waals surface area (Å²) in [5.74, 6) is -1.54. The zero-order chi connectivity index (χ0) is 16.7. The molecule has 1 aromatic rings. The van der Waals surface area contributed by atoms with Gasteiger partial charge in [0, 0.05) is 25.8 Å². The molecule has 1 aliphatic heterocycles. The van der Waals surface area contributed by atoms with E-state index in [4.69, 9.17) is 10.4 Å². The first-order valence-electron chi connectivity index (χ1n) is 7.51. The Labute approximate surface area is 135 Å². The van der Waals surface area contributed by atoms with Crippen LogP contribution in [0.15, 0.2) is 42.1 Å². The Morgan fingerprint density at radius 2 is 1.96 bits per heavy atom. The lowest BCUT2D eigenvalue weighted by Crippen LogP contribution is -2.34. The number of amides is 1. The van der Waals surface area contributed by atoms with Crippen molar-refractivity contribution >= 4 is 11.9 Å². The number of carboxylic acid groups (broad SMARTS) is 1. The van der Waals surface area contributed by atoms with Gasteiger partial charge in [0.2, 0.25) is 0 Å². The molecule has 120 valence electrons. The number of carbonyl (C=O) groups is 2. The molecule has 23 heavy (non-hydrogen) atoms. The number of aliphatic carboxylic acids is 1. The minimum Gasteiger partial charge on any atom is -0.481 e. The molecule has 1 aromatic carbocycles. The van der Waals surface area contributed by atoms with Crippen LogP contribution in [-0.4, -0.2) is 35.0 Å². The van der Waals surface area contributed by atoms with Gasteiger partial charge in [-0.05, 0) is 18.4 Å². The second-order valence-corrected chi connectivity index (χ2v) is 5.47. The Balaban J connectivity index is 1.90. The number of nitriles is 1. The number of nitrogens with zero attached hydrogens (tertiary/aromatic N) is 2.